The quantitative estimate of drug-likeness (QED) is 0.485. The Kier molecular flexibility index (Phi) is 3.83. The molecule has 1 aliphatic heterocycles. The lowest BCUT2D eigenvalue weighted by Crippen LogP contribution is -2.01. The van der Waals surface area contributed by atoms with Gasteiger partial charge in [0.1, 0.15) is 5.69 Å². The first kappa shape index (κ1) is 14.2. The van der Waals surface area contributed by atoms with Gasteiger partial charge in [-0.05, 0) is 40.9 Å². The molecule has 1 aliphatic rings. The largest absolute Gasteiger partial charge is 0.462 e. The molecule has 0 saturated carbocycles. The molecule has 22 heavy (non-hydrogen) atoms. The molecular formula is C18H15NO3. The van der Waals surface area contributed by atoms with Gasteiger partial charge in [-0.15, -0.1) is 4.91 Å². The molecule has 4 heteroatoms. The standard InChI is InChI=1S/C18H15NO3/c1-12-3-2-4-14(11-12)17(16-9-10-22-18(16)20)13-5-7-15(19-21)8-6-13/h2-8,11H,9-10H2,1H3/b17-16-. The second-order valence-corrected chi connectivity index (χ2v) is 5.25. The molecule has 3 rings (SSSR count). The van der Waals surface area contributed by atoms with Crippen LogP contribution in [0.5, 0.6) is 0 Å². The number of ether oxygens (including phenoxy) is 1. The van der Waals surface area contributed by atoms with Gasteiger partial charge < -0.3 is 4.74 Å². The van der Waals surface area contributed by atoms with Crippen LogP contribution in [-0.2, 0) is 9.53 Å². The molecule has 0 radical (unpaired) electrons. The van der Waals surface area contributed by atoms with E-state index in [1.54, 1.807) is 12.1 Å². The van der Waals surface area contributed by atoms with Crippen molar-refractivity contribution < 1.29 is 9.53 Å². The molecule has 0 spiro atoms. The highest BCUT2D eigenvalue weighted by Gasteiger charge is 2.24. The molecule has 0 bridgehead atoms. The summed E-state index contributed by atoms with van der Waals surface area (Å²) in [5, 5.41) is 2.91. The number of rotatable bonds is 3. The van der Waals surface area contributed by atoms with Crippen LogP contribution in [0.3, 0.4) is 0 Å². The Morgan fingerprint density at radius 1 is 1.09 bits per heavy atom. The third-order valence-corrected chi connectivity index (χ3v) is 3.70. The minimum atomic E-state index is -0.269. The van der Waals surface area contributed by atoms with Gasteiger partial charge in [0.05, 0.1) is 6.61 Å². The fourth-order valence-electron chi connectivity index (χ4n) is 2.67. The maximum atomic E-state index is 12.0. The zero-order valence-corrected chi connectivity index (χ0v) is 12.2. The number of carbonyl (C=O) groups excluding carboxylic acids is 1. The van der Waals surface area contributed by atoms with Crippen molar-refractivity contribution in [2.24, 2.45) is 5.18 Å². The van der Waals surface area contributed by atoms with Crippen LogP contribution in [0.15, 0.2) is 59.3 Å². The first-order chi connectivity index (χ1) is 10.7. The van der Waals surface area contributed by atoms with Crippen molar-refractivity contribution in [3.8, 4) is 0 Å². The summed E-state index contributed by atoms with van der Waals surface area (Å²) in [6, 6.07) is 14.9. The highest BCUT2D eigenvalue weighted by atomic mass is 16.5. The van der Waals surface area contributed by atoms with Crippen molar-refractivity contribution in [1.82, 2.24) is 0 Å². The zero-order chi connectivity index (χ0) is 15.5. The third kappa shape index (κ3) is 2.68. The van der Waals surface area contributed by atoms with E-state index in [0.717, 1.165) is 22.3 Å². The van der Waals surface area contributed by atoms with Crippen molar-refractivity contribution >= 4 is 17.2 Å². The Labute approximate surface area is 128 Å². The number of nitroso groups, excluding NO2 is 1. The van der Waals surface area contributed by atoms with Gasteiger partial charge in [-0.1, -0.05) is 42.0 Å². The fourth-order valence-corrected chi connectivity index (χ4v) is 2.67. The van der Waals surface area contributed by atoms with Crippen LogP contribution in [-0.4, -0.2) is 12.6 Å². The molecule has 0 atom stereocenters. The van der Waals surface area contributed by atoms with Crippen LogP contribution in [0.1, 0.15) is 23.1 Å². The second kappa shape index (κ2) is 5.93. The predicted molar refractivity (Wildman–Crippen MR) is 84.7 cm³/mol. The number of nitrogens with zero attached hydrogens (tertiary/aromatic N) is 1. The lowest BCUT2D eigenvalue weighted by atomic mass is 9.91. The molecule has 2 aromatic rings. The van der Waals surface area contributed by atoms with Gasteiger partial charge in [0.25, 0.3) is 0 Å². The normalized spacial score (nSPS) is 16.3. The third-order valence-electron chi connectivity index (χ3n) is 3.70. The fraction of sp³-hybridized carbons (Fsp3) is 0.167. The Bertz CT molecular complexity index is 760. The average molecular weight is 293 g/mol. The molecular weight excluding hydrogens is 278 g/mol. The number of hydrogen-bond donors (Lipinski definition) is 0. The number of cyclic esters (lactones) is 1. The van der Waals surface area contributed by atoms with E-state index in [2.05, 4.69) is 5.18 Å². The highest BCUT2D eigenvalue weighted by Crippen LogP contribution is 2.32. The minimum Gasteiger partial charge on any atom is -0.462 e. The monoisotopic (exact) mass is 293 g/mol. The Balaban J connectivity index is 2.18. The van der Waals surface area contributed by atoms with Crippen LogP contribution < -0.4 is 0 Å². The van der Waals surface area contributed by atoms with E-state index in [4.69, 9.17) is 4.74 Å². The van der Waals surface area contributed by atoms with E-state index >= 15 is 0 Å². The topological polar surface area (TPSA) is 55.7 Å². The SMILES string of the molecule is Cc1cccc(/C(=C2/CCOC2=O)c2ccc(N=O)cc2)c1. The maximum absolute atomic E-state index is 12.0. The van der Waals surface area contributed by atoms with Gasteiger partial charge in [0, 0.05) is 12.0 Å². The molecule has 4 nitrogen and oxygen atoms in total. The lowest BCUT2D eigenvalue weighted by molar-refractivity contribution is -0.135. The van der Waals surface area contributed by atoms with Crippen LogP contribution in [0.2, 0.25) is 0 Å². The summed E-state index contributed by atoms with van der Waals surface area (Å²) in [5.41, 5.74) is 4.88. The van der Waals surface area contributed by atoms with E-state index in [1.165, 1.54) is 0 Å². The van der Waals surface area contributed by atoms with Crippen LogP contribution in [0.4, 0.5) is 5.69 Å². The molecule has 0 aromatic heterocycles. The Hall–Kier alpha value is -2.75. The van der Waals surface area contributed by atoms with Crippen molar-refractivity contribution in [1.29, 1.82) is 0 Å². The van der Waals surface area contributed by atoms with E-state index in [0.29, 0.717) is 24.3 Å². The molecule has 0 unspecified atom stereocenters. The van der Waals surface area contributed by atoms with Crippen molar-refractivity contribution in [2.75, 3.05) is 6.61 Å². The van der Waals surface area contributed by atoms with Gasteiger partial charge in [-0.3, -0.25) is 0 Å². The van der Waals surface area contributed by atoms with Crippen LogP contribution in [0, 0.1) is 11.8 Å². The molecule has 0 N–H and O–H groups in total. The maximum Gasteiger partial charge on any atom is 0.334 e. The average Bonchev–Trinajstić information content (AvgIpc) is 2.94. The summed E-state index contributed by atoms with van der Waals surface area (Å²) in [6.07, 6.45) is 0.593. The molecule has 1 heterocycles. The molecule has 0 aliphatic carbocycles. The number of esters is 1. The van der Waals surface area contributed by atoms with E-state index in [1.807, 2.05) is 43.3 Å². The second-order valence-electron chi connectivity index (χ2n) is 5.25. The Morgan fingerprint density at radius 3 is 2.45 bits per heavy atom. The number of carbonyl (C=O) groups is 1. The molecule has 0 amide bonds. The zero-order valence-electron chi connectivity index (χ0n) is 12.2. The predicted octanol–water partition coefficient (Wildman–Crippen LogP) is 4.14. The molecule has 2 aromatic carbocycles. The molecule has 1 saturated heterocycles. The van der Waals surface area contributed by atoms with E-state index in [-0.39, 0.29) is 5.97 Å². The van der Waals surface area contributed by atoms with Crippen molar-refractivity contribution in [2.45, 2.75) is 13.3 Å². The summed E-state index contributed by atoms with van der Waals surface area (Å²) in [5.74, 6) is -0.269. The highest BCUT2D eigenvalue weighted by molar-refractivity contribution is 6.03. The van der Waals surface area contributed by atoms with Gasteiger partial charge in [0.15, 0.2) is 0 Å². The first-order valence-corrected chi connectivity index (χ1v) is 7.10. The number of hydrogen-bond acceptors (Lipinski definition) is 4. The number of benzene rings is 2. The summed E-state index contributed by atoms with van der Waals surface area (Å²) >= 11 is 0. The van der Waals surface area contributed by atoms with Crippen LogP contribution >= 0.6 is 0 Å². The molecule has 110 valence electrons. The molecule has 1 fully saturated rings. The summed E-state index contributed by atoms with van der Waals surface area (Å²) in [4.78, 5) is 22.6. The van der Waals surface area contributed by atoms with Gasteiger partial charge in [0.2, 0.25) is 0 Å². The van der Waals surface area contributed by atoms with E-state index < -0.39 is 0 Å². The Morgan fingerprint density at radius 2 is 1.86 bits per heavy atom. The minimum absolute atomic E-state index is 0.269. The first-order valence-electron chi connectivity index (χ1n) is 7.10. The lowest BCUT2D eigenvalue weighted by Gasteiger charge is -2.12. The van der Waals surface area contributed by atoms with Gasteiger partial charge in [-0.2, -0.15) is 0 Å². The van der Waals surface area contributed by atoms with Crippen molar-refractivity contribution in [3.63, 3.8) is 0 Å². The summed E-state index contributed by atoms with van der Waals surface area (Å²) < 4.78 is 5.10. The summed E-state index contributed by atoms with van der Waals surface area (Å²) in [7, 11) is 0. The van der Waals surface area contributed by atoms with Crippen LogP contribution in [0.25, 0.3) is 5.57 Å². The number of aryl methyl sites for hydroxylation is 1. The van der Waals surface area contributed by atoms with Gasteiger partial charge >= 0.3 is 5.97 Å². The van der Waals surface area contributed by atoms with Crippen molar-refractivity contribution in [3.05, 3.63) is 75.7 Å². The summed E-state index contributed by atoms with van der Waals surface area (Å²) in [6.45, 7) is 2.43. The smallest absolute Gasteiger partial charge is 0.334 e. The van der Waals surface area contributed by atoms with E-state index in [9.17, 15) is 9.70 Å². The van der Waals surface area contributed by atoms with Gasteiger partial charge in [-0.25, -0.2) is 4.79 Å².